The normalized spacial score (nSPS) is 13.1. The lowest BCUT2D eigenvalue weighted by atomic mass is 10.2. The average Bonchev–Trinajstić information content (AvgIpc) is 2.58. The minimum Gasteiger partial charge on any atom is -0.309 e. The number of halogens is 2. The zero-order valence-electron chi connectivity index (χ0n) is 8.22. The van der Waals surface area contributed by atoms with Gasteiger partial charge in [-0.05, 0) is 41.8 Å². The van der Waals surface area contributed by atoms with Gasteiger partial charge in [-0.25, -0.2) is 0 Å². The average molecular weight is 297 g/mol. The van der Waals surface area contributed by atoms with E-state index in [1.165, 1.54) is 9.35 Å². The van der Waals surface area contributed by atoms with Crippen LogP contribution < -0.4 is 5.32 Å². The van der Waals surface area contributed by atoms with Crippen LogP contribution >= 0.6 is 38.9 Å². The van der Waals surface area contributed by atoms with Gasteiger partial charge in [0.15, 0.2) is 0 Å². The third-order valence-corrected chi connectivity index (χ3v) is 3.98. The fourth-order valence-corrected chi connectivity index (χ4v) is 2.76. The number of nitrogens with one attached hydrogen (secondary N) is 1. The van der Waals surface area contributed by atoms with E-state index in [9.17, 15) is 0 Å². The second-order valence-corrected chi connectivity index (χ2v) is 5.63. The molecule has 1 aromatic rings. The molecular formula is C10H15BrClNS. The smallest absolute Gasteiger partial charge is 0.0302 e. The number of hydrogen-bond acceptors (Lipinski definition) is 2. The lowest BCUT2D eigenvalue weighted by Crippen LogP contribution is -2.24. The van der Waals surface area contributed by atoms with Gasteiger partial charge in [-0.3, -0.25) is 0 Å². The summed E-state index contributed by atoms with van der Waals surface area (Å²) in [4.78, 5) is 1.37. The monoisotopic (exact) mass is 295 g/mol. The first kappa shape index (κ1) is 12.5. The molecule has 0 aliphatic carbocycles. The molecule has 1 unspecified atom stereocenters. The number of alkyl halides is 1. The Hall–Kier alpha value is 0.430. The van der Waals surface area contributed by atoms with E-state index in [2.05, 4.69) is 39.6 Å². The first-order valence-electron chi connectivity index (χ1n) is 4.74. The van der Waals surface area contributed by atoms with Gasteiger partial charge in [-0.1, -0.05) is 0 Å². The highest BCUT2D eigenvalue weighted by Crippen LogP contribution is 2.19. The van der Waals surface area contributed by atoms with Crippen LogP contribution in [0.25, 0.3) is 0 Å². The van der Waals surface area contributed by atoms with Gasteiger partial charge in [0.05, 0.1) is 0 Å². The van der Waals surface area contributed by atoms with Crippen molar-refractivity contribution in [1.29, 1.82) is 0 Å². The minimum atomic E-state index is 0.551. The van der Waals surface area contributed by atoms with Crippen molar-refractivity contribution < 1.29 is 0 Å². The molecule has 0 saturated heterocycles. The van der Waals surface area contributed by atoms with Crippen LogP contribution in [-0.2, 0) is 6.54 Å². The van der Waals surface area contributed by atoms with Crippen LogP contribution in [0.5, 0.6) is 0 Å². The Labute approximate surface area is 103 Å². The quantitative estimate of drug-likeness (QED) is 0.782. The van der Waals surface area contributed by atoms with Crippen molar-refractivity contribution in [3.63, 3.8) is 0 Å². The third kappa shape index (κ3) is 4.78. The molecule has 0 aromatic carbocycles. The minimum absolute atomic E-state index is 0.551. The lowest BCUT2D eigenvalue weighted by Gasteiger charge is -2.11. The Morgan fingerprint density at radius 2 is 2.43 bits per heavy atom. The zero-order valence-corrected chi connectivity index (χ0v) is 11.4. The molecule has 0 aliphatic heterocycles. The van der Waals surface area contributed by atoms with E-state index in [4.69, 9.17) is 11.6 Å². The molecule has 0 spiro atoms. The Balaban J connectivity index is 2.20. The van der Waals surface area contributed by atoms with Crippen molar-refractivity contribution in [2.24, 2.45) is 0 Å². The molecule has 1 rings (SSSR count). The van der Waals surface area contributed by atoms with E-state index >= 15 is 0 Å². The van der Waals surface area contributed by atoms with Gasteiger partial charge in [0, 0.05) is 33.2 Å². The largest absolute Gasteiger partial charge is 0.309 e. The predicted octanol–water partition coefficient (Wildman–Crippen LogP) is 4.01. The van der Waals surface area contributed by atoms with Gasteiger partial charge in [0.2, 0.25) is 0 Å². The fourth-order valence-electron chi connectivity index (χ4n) is 1.21. The van der Waals surface area contributed by atoms with Crippen LogP contribution in [-0.4, -0.2) is 11.9 Å². The number of rotatable bonds is 6. The summed E-state index contributed by atoms with van der Waals surface area (Å²) >= 11 is 10.9. The molecule has 4 heteroatoms. The van der Waals surface area contributed by atoms with E-state index in [-0.39, 0.29) is 0 Å². The van der Waals surface area contributed by atoms with E-state index in [0.29, 0.717) is 6.04 Å². The summed E-state index contributed by atoms with van der Waals surface area (Å²) in [5.41, 5.74) is 0. The molecule has 1 nitrogen and oxygen atoms in total. The summed E-state index contributed by atoms with van der Waals surface area (Å²) in [6.45, 7) is 3.16. The first-order chi connectivity index (χ1) is 6.72. The molecule has 1 heterocycles. The van der Waals surface area contributed by atoms with Crippen molar-refractivity contribution in [3.05, 3.63) is 20.8 Å². The van der Waals surface area contributed by atoms with Gasteiger partial charge < -0.3 is 5.32 Å². The van der Waals surface area contributed by atoms with Crippen LogP contribution in [0.3, 0.4) is 0 Å². The molecule has 0 radical (unpaired) electrons. The standard InChI is InChI=1S/C10H15BrClNS/c1-8(3-2-4-12)13-6-10-5-9(11)7-14-10/h5,7-8,13H,2-4,6H2,1H3. The summed E-state index contributed by atoms with van der Waals surface area (Å²) in [7, 11) is 0. The molecule has 0 bridgehead atoms. The highest BCUT2D eigenvalue weighted by Gasteiger charge is 2.02. The van der Waals surface area contributed by atoms with Crippen molar-refractivity contribution >= 4 is 38.9 Å². The molecule has 0 amide bonds. The summed E-state index contributed by atoms with van der Waals surface area (Å²) in [6.07, 6.45) is 2.24. The van der Waals surface area contributed by atoms with Crippen LogP contribution in [0, 0.1) is 0 Å². The Morgan fingerprint density at radius 1 is 1.64 bits per heavy atom. The predicted molar refractivity (Wildman–Crippen MR) is 68.3 cm³/mol. The van der Waals surface area contributed by atoms with Crippen LogP contribution in [0.2, 0.25) is 0 Å². The van der Waals surface area contributed by atoms with Crippen LogP contribution in [0.15, 0.2) is 15.9 Å². The van der Waals surface area contributed by atoms with Gasteiger partial charge in [0.25, 0.3) is 0 Å². The maximum atomic E-state index is 5.63. The second-order valence-electron chi connectivity index (χ2n) is 3.34. The van der Waals surface area contributed by atoms with E-state index in [0.717, 1.165) is 25.3 Å². The van der Waals surface area contributed by atoms with Gasteiger partial charge in [-0.15, -0.1) is 22.9 Å². The Kier molecular flexibility index (Phi) is 6.10. The highest BCUT2D eigenvalue weighted by atomic mass is 79.9. The number of thiophene rings is 1. The van der Waals surface area contributed by atoms with Crippen molar-refractivity contribution in [2.75, 3.05) is 5.88 Å². The lowest BCUT2D eigenvalue weighted by molar-refractivity contribution is 0.512. The summed E-state index contributed by atoms with van der Waals surface area (Å²) < 4.78 is 1.17. The molecule has 1 atom stereocenters. The maximum absolute atomic E-state index is 5.63. The van der Waals surface area contributed by atoms with Gasteiger partial charge in [0.1, 0.15) is 0 Å². The van der Waals surface area contributed by atoms with E-state index < -0.39 is 0 Å². The molecule has 14 heavy (non-hydrogen) atoms. The molecular weight excluding hydrogens is 282 g/mol. The molecule has 0 fully saturated rings. The molecule has 1 aromatic heterocycles. The van der Waals surface area contributed by atoms with Crippen molar-refractivity contribution in [2.45, 2.75) is 32.4 Å². The summed E-state index contributed by atoms with van der Waals surface area (Å²) in [5.74, 6) is 0.760. The van der Waals surface area contributed by atoms with Gasteiger partial charge in [-0.2, -0.15) is 0 Å². The first-order valence-corrected chi connectivity index (χ1v) is 6.95. The molecule has 80 valence electrons. The summed E-state index contributed by atoms with van der Waals surface area (Å²) in [6, 6.07) is 2.71. The zero-order chi connectivity index (χ0) is 10.4. The summed E-state index contributed by atoms with van der Waals surface area (Å²) in [5, 5.41) is 5.59. The van der Waals surface area contributed by atoms with E-state index in [1.807, 2.05) is 0 Å². The van der Waals surface area contributed by atoms with Crippen molar-refractivity contribution in [3.8, 4) is 0 Å². The fraction of sp³-hybridized carbons (Fsp3) is 0.600. The Bertz CT molecular complexity index is 264. The van der Waals surface area contributed by atoms with E-state index in [1.54, 1.807) is 11.3 Å². The Morgan fingerprint density at radius 3 is 3.00 bits per heavy atom. The molecule has 1 N–H and O–H groups in total. The van der Waals surface area contributed by atoms with Gasteiger partial charge >= 0.3 is 0 Å². The third-order valence-electron chi connectivity index (χ3n) is 2.02. The van der Waals surface area contributed by atoms with Crippen LogP contribution in [0.1, 0.15) is 24.6 Å². The molecule has 0 aliphatic rings. The number of hydrogen-bond donors (Lipinski definition) is 1. The maximum Gasteiger partial charge on any atom is 0.0302 e. The second kappa shape index (κ2) is 6.83. The van der Waals surface area contributed by atoms with Crippen molar-refractivity contribution in [1.82, 2.24) is 5.32 Å². The van der Waals surface area contributed by atoms with Crippen LogP contribution in [0.4, 0.5) is 0 Å². The SMILES string of the molecule is CC(CCCCl)NCc1cc(Br)cs1. The topological polar surface area (TPSA) is 12.0 Å². The highest BCUT2D eigenvalue weighted by molar-refractivity contribution is 9.10. The molecule has 0 saturated carbocycles.